The van der Waals surface area contributed by atoms with Gasteiger partial charge in [-0.2, -0.15) is 0 Å². The maximum atomic E-state index is 13.0. The van der Waals surface area contributed by atoms with Crippen LogP contribution in [0.4, 0.5) is 13.2 Å². The van der Waals surface area contributed by atoms with Gasteiger partial charge in [-0.05, 0) is 23.8 Å². The molecule has 0 fully saturated rings. The molecule has 0 aliphatic heterocycles. The molecule has 0 saturated heterocycles. The van der Waals surface area contributed by atoms with E-state index in [1.54, 1.807) is 18.3 Å². The topological polar surface area (TPSA) is 30.0 Å². The number of halogens is 3. The Labute approximate surface area is 101 Å². The van der Waals surface area contributed by atoms with Crippen molar-refractivity contribution in [1.29, 1.82) is 0 Å². The molecule has 1 aromatic heterocycles. The normalized spacial score (nSPS) is 10.4. The Hall–Kier alpha value is -2.17. The van der Waals surface area contributed by atoms with E-state index in [1.165, 1.54) is 6.20 Å². The predicted molar refractivity (Wildman–Crippen MR) is 58.6 cm³/mol. The third kappa shape index (κ3) is 2.56. The van der Waals surface area contributed by atoms with Gasteiger partial charge in [-0.1, -0.05) is 6.07 Å². The maximum Gasteiger partial charge on any atom is 0.194 e. The van der Waals surface area contributed by atoms with Crippen LogP contribution in [0.1, 0.15) is 15.9 Å². The molecule has 2 rings (SSSR count). The van der Waals surface area contributed by atoms with Gasteiger partial charge in [-0.3, -0.25) is 9.78 Å². The van der Waals surface area contributed by atoms with Crippen LogP contribution in [0.25, 0.3) is 0 Å². The van der Waals surface area contributed by atoms with Gasteiger partial charge in [0.25, 0.3) is 0 Å². The quantitative estimate of drug-likeness (QED) is 0.620. The molecule has 0 bridgehead atoms. The van der Waals surface area contributed by atoms with Gasteiger partial charge in [0.15, 0.2) is 23.2 Å². The first kappa shape index (κ1) is 12.3. The van der Waals surface area contributed by atoms with E-state index in [2.05, 4.69) is 4.98 Å². The highest BCUT2D eigenvalue weighted by atomic mass is 19.2. The summed E-state index contributed by atoms with van der Waals surface area (Å²) in [6.07, 6.45) is 2.98. The Kier molecular flexibility index (Phi) is 3.41. The van der Waals surface area contributed by atoms with Gasteiger partial charge in [0.2, 0.25) is 0 Å². The van der Waals surface area contributed by atoms with Crippen LogP contribution in [-0.4, -0.2) is 10.8 Å². The lowest BCUT2D eigenvalue weighted by atomic mass is 10.0. The van der Waals surface area contributed by atoms with Crippen molar-refractivity contribution in [2.75, 3.05) is 0 Å². The number of Topliss-reactive ketones (excluding diaryl/α,β-unsaturated/α-hetero) is 1. The zero-order valence-electron chi connectivity index (χ0n) is 9.16. The first-order chi connectivity index (χ1) is 8.58. The minimum atomic E-state index is -1.58. The van der Waals surface area contributed by atoms with E-state index in [9.17, 15) is 18.0 Å². The largest absolute Gasteiger partial charge is 0.294 e. The van der Waals surface area contributed by atoms with Crippen molar-refractivity contribution in [3.8, 4) is 0 Å². The SMILES string of the molecule is O=C(Cc1cccnc1)c1cc(F)c(F)c(F)c1. The summed E-state index contributed by atoms with van der Waals surface area (Å²) in [5.41, 5.74) is 0.419. The van der Waals surface area contributed by atoms with Crippen molar-refractivity contribution in [1.82, 2.24) is 4.98 Å². The Morgan fingerprint density at radius 3 is 2.39 bits per heavy atom. The lowest BCUT2D eigenvalue weighted by Gasteiger charge is -2.03. The number of hydrogen-bond acceptors (Lipinski definition) is 2. The Morgan fingerprint density at radius 1 is 1.17 bits per heavy atom. The summed E-state index contributed by atoms with van der Waals surface area (Å²) in [6.45, 7) is 0. The smallest absolute Gasteiger partial charge is 0.194 e. The molecule has 2 aromatic rings. The second-order valence-electron chi connectivity index (χ2n) is 3.72. The highest BCUT2D eigenvalue weighted by molar-refractivity contribution is 5.97. The predicted octanol–water partition coefficient (Wildman–Crippen LogP) is 2.92. The minimum absolute atomic E-state index is 0.0433. The molecule has 0 amide bonds. The van der Waals surface area contributed by atoms with E-state index in [4.69, 9.17) is 0 Å². The fourth-order valence-corrected chi connectivity index (χ4v) is 1.51. The molecule has 0 spiro atoms. The fourth-order valence-electron chi connectivity index (χ4n) is 1.51. The van der Waals surface area contributed by atoms with E-state index in [0.717, 1.165) is 0 Å². The molecule has 0 aliphatic carbocycles. The third-order valence-electron chi connectivity index (χ3n) is 2.39. The number of aromatic nitrogens is 1. The lowest BCUT2D eigenvalue weighted by molar-refractivity contribution is 0.0991. The summed E-state index contributed by atoms with van der Waals surface area (Å²) in [5.74, 6) is -4.82. The first-order valence-corrected chi connectivity index (χ1v) is 5.14. The van der Waals surface area contributed by atoms with Gasteiger partial charge in [-0.25, -0.2) is 13.2 Å². The minimum Gasteiger partial charge on any atom is -0.294 e. The van der Waals surface area contributed by atoms with Crippen LogP contribution >= 0.6 is 0 Å². The van der Waals surface area contributed by atoms with Crippen molar-refractivity contribution in [2.24, 2.45) is 0 Å². The molecule has 1 aromatic carbocycles. The first-order valence-electron chi connectivity index (χ1n) is 5.14. The molecule has 18 heavy (non-hydrogen) atoms. The van der Waals surface area contributed by atoms with E-state index in [0.29, 0.717) is 17.7 Å². The van der Waals surface area contributed by atoms with Gasteiger partial charge >= 0.3 is 0 Å². The second kappa shape index (κ2) is 5.00. The fraction of sp³-hybridized carbons (Fsp3) is 0.0769. The molecular weight excluding hydrogens is 243 g/mol. The zero-order valence-corrected chi connectivity index (χ0v) is 9.16. The summed E-state index contributed by atoms with van der Waals surface area (Å²) in [5, 5.41) is 0. The summed E-state index contributed by atoms with van der Waals surface area (Å²) in [4.78, 5) is 15.6. The molecule has 0 radical (unpaired) electrons. The van der Waals surface area contributed by atoms with Crippen LogP contribution in [0.2, 0.25) is 0 Å². The average molecular weight is 251 g/mol. The van der Waals surface area contributed by atoms with Crippen molar-refractivity contribution >= 4 is 5.78 Å². The molecule has 5 heteroatoms. The highest BCUT2D eigenvalue weighted by Gasteiger charge is 2.15. The summed E-state index contributed by atoms with van der Waals surface area (Å²) in [7, 11) is 0. The van der Waals surface area contributed by atoms with Crippen molar-refractivity contribution in [3.05, 3.63) is 65.2 Å². The Balaban J connectivity index is 2.25. The number of carbonyl (C=O) groups excluding carboxylic acids is 1. The molecule has 2 nitrogen and oxygen atoms in total. The third-order valence-corrected chi connectivity index (χ3v) is 2.39. The van der Waals surface area contributed by atoms with E-state index in [-0.39, 0.29) is 12.0 Å². The van der Waals surface area contributed by atoms with Gasteiger partial charge in [-0.15, -0.1) is 0 Å². The number of pyridine rings is 1. The number of rotatable bonds is 3. The number of ketones is 1. The van der Waals surface area contributed by atoms with Crippen LogP contribution in [0.15, 0.2) is 36.7 Å². The van der Waals surface area contributed by atoms with Crippen molar-refractivity contribution in [3.63, 3.8) is 0 Å². The Bertz CT molecular complexity index is 561. The van der Waals surface area contributed by atoms with E-state index >= 15 is 0 Å². The Morgan fingerprint density at radius 2 is 1.83 bits per heavy atom. The van der Waals surface area contributed by atoms with Crippen LogP contribution in [0.3, 0.4) is 0 Å². The van der Waals surface area contributed by atoms with Gasteiger partial charge < -0.3 is 0 Å². The number of hydrogen-bond donors (Lipinski definition) is 0. The van der Waals surface area contributed by atoms with Gasteiger partial charge in [0, 0.05) is 24.4 Å². The van der Waals surface area contributed by atoms with Crippen LogP contribution in [0.5, 0.6) is 0 Å². The second-order valence-corrected chi connectivity index (χ2v) is 3.72. The van der Waals surface area contributed by atoms with Gasteiger partial charge in [0.1, 0.15) is 0 Å². The number of nitrogens with zero attached hydrogens (tertiary/aromatic N) is 1. The van der Waals surface area contributed by atoms with Crippen LogP contribution in [-0.2, 0) is 6.42 Å². The van der Waals surface area contributed by atoms with Gasteiger partial charge in [0.05, 0.1) is 0 Å². The van der Waals surface area contributed by atoms with Crippen molar-refractivity contribution in [2.45, 2.75) is 6.42 Å². The standard InChI is InChI=1S/C13H8F3NO/c14-10-5-9(6-11(15)13(10)16)12(18)4-8-2-1-3-17-7-8/h1-3,5-7H,4H2. The molecule has 92 valence electrons. The molecular formula is C13H8F3NO. The molecule has 0 atom stereocenters. The van der Waals surface area contributed by atoms with Crippen LogP contribution < -0.4 is 0 Å². The monoisotopic (exact) mass is 251 g/mol. The number of benzene rings is 1. The summed E-state index contributed by atoms with van der Waals surface area (Å²) < 4.78 is 38.6. The average Bonchev–Trinajstić information content (AvgIpc) is 2.36. The summed E-state index contributed by atoms with van der Waals surface area (Å²) >= 11 is 0. The molecule has 0 aliphatic rings. The molecule has 0 N–H and O–H groups in total. The molecule has 1 heterocycles. The maximum absolute atomic E-state index is 13.0. The lowest BCUT2D eigenvalue weighted by Crippen LogP contribution is -2.06. The highest BCUT2D eigenvalue weighted by Crippen LogP contribution is 2.15. The molecule has 0 saturated carbocycles. The zero-order chi connectivity index (χ0) is 13.1. The van der Waals surface area contributed by atoms with Crippen LogP contribution in [0, 0.1) is 17.5 Å². The van der Waals surface area contributed by atoms with E-state index in [1.807, 2.05) is 0 Å². The molecule has 0 unspecified atom stereocenters. The van der Waals surface area contributed by atoms with E-state index < -0.39 is 23.2 Å². The summed E-state index contributed by atoms with van der Waals surface area (Å²) in [6, 6.07) is 4.70. The van der Waals surface area contributed by atoms with Crippen molar-refractivity contribution < 1.29 is 18.0 Å². The number of carbonyl (C=O) groups is 1.